The Morgan fingerprint density at radius 3 is 2.60 bits per heavy atom. The molecule has 1 heterocycles. The molecule has 1 aliphatic heterocycles. The van der Waals surface area contributed by atoms with E-state index in [1.807, 2.05) is 19.1 Å². The predicted octanol–water partition coefficient (Wildman–Crippen LogP) is 1.59. The van der Waals surface area contributed by atoms with Gasteiger partial charge in [0.2, 0.25) is 11.8 Å². The van der Waals surface area contributed by atoms with Crippen molar-refractivity contribution in [1.82, 2.24) is 0 Å². The molecule has 104 valence electrons. The molecule has 0 unspecified atom stereocenters. The first-order valence-electron chi connectivity index (χ1n) is 6.54. The number of rotatable bonds is 1. The number of nitrogens with zero attached hydrogens (tertiary/aromatic N) is 1. The van der Waals surface area contributed by atoms with Crippen LogP contribution in [0.4, 0.5) is 5.69 Å². The summed E-state index contributed by atoms with van der Waals surface area (Å²) in [7, 11) is 0. The minimum absolute atomic E-state index is 0.158. The third kappa shape index (κ3) is 2.45. The highest BCUT2D eigenvalue weighted by molar-refractivity contribution is 6.22. The Balaban J connectivity index is 2.47. The quantitative estimate of drug-likeness (QED) is 0.622. The summed E-state index contributed by atoms with van der Waals surface area (Å²) in [6, 6.07) is 5.49. The van der Waals surface area contributed by atoms with E-state index in [4.69, 9.17) is 5.73 Å². The summed E-state index contributed by atoms with van der Waals surface area (Å²) in [4.78, 5) is 25.8. The lowest BCUT2D eigenvalue weighted by molar-refractivity contribution is -0.124. The molecular weight excluding hydrogens is 252 g/mol. The third-order valence-corrected chi connectivity index (χ3v) is 3.41. The van der Waals surface area contributed by atoms with Crippen molar-refractivity contribution in [3.8, 4) is 11.8 Å². The summed E-state index contributed by atoms with van der Waals surface area (Å²) < 4.78 is 0. The van der Waals surface area contributed by atoms with E-state index in [-0.39, 0.29) is 24.8 Å². The van der Waals surface area contributed by atoms with Crippen molar-refractivity contribution in [2.45, 2.75) is 27.2 Å². The van der Waals surface area contributed by atoms with Crippen LogP contribution in [0.1, 0.15) is 31.4 Å². The zero-order valence-corrected chi connectivity index (χ0v) is 12.0. The number of nitrogens with two attached hydrogens (primary N) is 1. The van der Waals surface area contributed by atoms with Crippen molar-refractivity contribution in [2.75, 3.05) is 11.4 Å². The number of benzene rings is 1. The van der Waals surface area contributed by atoms with Crippen molar-refractivity contribution in [3.63, 3.8) is 0 Å². The van der Waals surface area contributed by atoms with Gasteiger partial charge in [0.1, 0.15) is 0 Å². The van der Waals surface area contributed by atoms with Gasteiger partial charge < -0.3 is 5.73 Å². The number of hydrogen-bond donors (Lipinski definition) is 1. The number of hydrogen-bond acceptors (Lipinski definition) is 3. The second-order valence-electron chi connectivity index (χ2n) is 5.60. The average molecular weight is 270 g/mol. The molecule has 0 atom stereocenters. The Bertz CT molecular complexity index is 636. The Labute approximate surface area is 118 Å². The first-order chi connectivity index (χ1) is 9.36. The van der Waals surface area contributed by atoms with Gasteiger partial charge in [0.15, 0.2) is 0 Å². The molecule has 2 amide bonds. The summed E-state index contributed by atoms with van der Waals surface area (Å²) in [5.41, 5.74) is 6.97. The highest BCUT2D eigenvalue weighted by Crippen LogP contribution is 2.36. The minimum atomic E-state index is -0.636. The molecule has 4 heteroatoms. The van der Waals surface area contributed by atoms with E-state index >= 15 is 0 Å². The zero-order chi connectivity index (χ0) is 14.9. The molecule has 1 fully saturated rings. The maximum absolute atomic E-state index is 12.4. The second kappa shape index (κ2) is 5.10. The van der Waals surface area contributed by atoms with Crippen LogP contribution in [0.5, 0.6) is 0 Å². The molecule has 1 aromatic carbocycles. The normalized spacial score (nSPS) is 17.1. The molecule has 20 heavy (non-hydrogen) atoms. The third-order valence-electron chi connectivity index (χ3n) is 3.41. The molecule has 4 nitrogen and oxygen atoms in total. The number of amides is 2. The molecule has 0 bridgehead atoms. The highest BCUT2D eigenvalue weighted by Gasteiger charge is 2.45. The number of anilines is 1. The fourth-order valence-electron chi connectivity index (χ4n) is 2.27. The van der Waals surface area contributed by atoms with Gasteiger partial charge in [-0.05, 0) is 24.6 Å². The smallest absolute Gasteiger partial charge is 0.239 e. The molecule has 1 aliphatic rings. The second-order valence-corrected chi connectivity index (χ2v) is 5.60. The predicted molar refractivity (Wildman–Crippen MR) is 78.0 cm³/mol. The monoisotopic (exact) mass is 270 g/mol. The average Bonchev–Trinajstić information content (AvgIpc) is 2.58. The molecule has 0 aliphatic carbocycles. The van der Waals surface area contributed by atoms with Crippen molar-refractivity contribution >= 4 is 17.5 Å². The van der Waals surface area contributed by atoms with E-state index in [1.165, 1.54) is 4.90 Å². The van der Waals surface area contributed by atoms with Gasteiger partial charge >= 0.3 is 0 Å². The summed E-state index contributed by atoms with van der Waals surface area (Å²) in [5.74, 6) is 5.37. The van der Waals surface area contributed by atoms with E-state index in [1.54, 1.807) is 19.9 Å². The fourth-order valence-corrected chi connectivity index (χ4v) is 2.27. The molecule has 0 aromatic heterocycles. The van der Waals surface area contributed by atoms with Crippen LogP contribution in [0.3, 0.4) is 0 Å². The lowest BCUT2D eigenvalue weighted by Crippen LogP contribution is -2.33. The Morgan fingerprint density at radius 2 is 2.05 bits per heavy atom. The standard InChI is InChI=1S/C16H18N2O2/c1-11-6-7-12(5-4-8-17)9-13(11)18-14(19)10-16(2,3)15(18)20/h6-7,9H,8,10,17H2,1-3H3. The Hall–Kier alpha value is -2.12. The minimum Gasteiger partial charge on any atom is -0.320 e. The first kappa shape index (κ1) is 14.3. The van der Waals surface area contributed by atoms with Gasteiger partial charge in [-0.1, -0.05) is 31.8 Å². The molecular formula is C16H18N2O2. The van der Waals surface area contributed by atoms with Crippen LogP contribution in [0.25, 0.3) is 0 Å². The maximum Gasteiger partial charge on any atom is 0.239 e. The maximum atomic E-state index is 12.4. The van der Waals surface area contributed by atoms with Crippen molar-refractivity contribution in [1.29, 1.82) is 0 Å². The number of imide groups is 1. The molecule has 0 radical (unpaired) electrons. The fraction of sp³-hybridized carbons (Fsp3) is 0.375. The van der Waals surface area contributed by atoms with E-state index in [2.05, 4.69) is 11.8 Å². The first-order valence-corrected chi connectivity index (χ1v) is 6.54. The molecule has 1 saturated heterocycles. The summed E-state index contributed by atoms with van der Waals surface area (Å²) in [5, 5.41) is 0. The summed E-state index contributed by atoms with van der Waals surface area (Å²) >= 11 is 0. The zero-order valence-electron chi connectivity index (χ0n) is 12.0. The molecule has 2 rings (SSSR count). The van der Waals surface area contributed by atoms with Crippen molar-refractivity contribution in [3.05, 3.63) is 29.3 Å². The topological polar surface area (TPSA) is 63.4 Å². The molecule has 1 aromatic rings. The van der Waals surface area contributed by atoms with Gasteiger partial charge in [0, 0.05) is 12.0 Å². The van der Waals surface area contributed by atoms with Crippen LogP contribution in [0, 0.1) is 24.2 Å². The highest BCUT2D eigenvalue weighted by atomic mass is 16.2. The van der Waals surface area contributed by atoms with E-state index in [0.717, 1.165) is 11.1 Å². The van der Waals surface area contributed by atoms with Crippen LogP contribution in [0.15, 0.2) is 18.2 Å². The Kier molecular flexibility index (Phi) is 3.65. The number of aryl methyl sites for hydroxylation is 1. The van der Waals surface area contributed by atoms with Crippen LogP contribution in [-0.2, 0) is 9.59 Å². The summed E-state index contributed by atoms with van der Waals surface area (Å²) in [6.07, 6.45) is 0.240. The van der Waals surface area contributed by atoms with Gasteiger partial charge in [-0.15, -0.1) is 0 Å². The van der Waals surface area contributed by atoms with Crippen molar-refractivity contribution in [2.24, 2.45) is 11.1 Å². The largest absolute Gasteiger partial charge is 0.320 e. The van der Waals surface area contributed by atoms with Crippen LogP contribution < -0.4 is 10.6 Å². The summed E-state index contributed by atoms with van der Waals surface area (Å²) in [6.45, 7) is 5.74. The SMILES string of the molecule is Cc1ccc(C#CCN)cc1N1C(=O)CC(C)(C)C1=O. The van der Waals surface area contributed by atoms with Gasteiger partial charge in [0.05, 0.1) is 17.6 Å². The molecule has 0 saturated carbocycles. The lowest BCUT2D eigenvalue weighted by atomic mass is 9.92. The van der Waals surface area contributed by atoms with Gasteiger partial charge in [0.25, 0.3) is 0 Å². The number of carbonyl (C=O) groups excluding carboxylic acids is 2. The molecule has 2 N–H and O–H groups in total. The number of carbonyl (C=O) groups is 2. The Morgan fingerprint density at radius 1 is 1.35 bits per heavy atom. The van der Waals surface area contributed by atoms with E-state index in [9.17, 15) is 9.59 Å². The van der Waals surface area contributed by atoms with Crippen LogP contribution in [-0.4, -0.2) is 18.4 Å². The van der Waals surface area contributed by atoms with Crippen LogP contribution in [0.2, 0.25) is 0 Å². The van der Waals surface area contributed by atoms with Gasteiger partial charge in [-0.25, -0.2) is 4.90 Å². The van der Waals surface area contributed by atoms with E-state index < -0.39 is 5.41 Å². The lowest BCUT2D eigenvalue weighted by Gasteiger charge is -2.19. The van der Waals surface area contributed by atoms with Gasteiger partial charge in [-0.2, -0.15) is 0 Å². The van der Waals surface area contributed by atoms with Gasteiger partial charge in [-0.3, -0.25) is 9.59 Å². The van der Waals surface area contributed by atoms with E-state index in [0.29, 0.717) is 5.69 Å². The van der Waals surface area contributed by atoms with Crippen molar-refractivity contribution < 1.29 is 9.59 Å². The van der Waals surface area contributed by atoms with Crippen LogP contribution >= 0.6 is 0 Å². The molecule has 0 spiro atoms.